The van der Waals surface area contributed by atoms with Gasteiger partial charge >= 0.3 is 0 Å². The lowest BCUT2D eigenvalue weighted by Crippen LogP contribution is -2.20. The summed E-state index contributed by atoms with van der Waals surface area (Å²) in [5.74, 6) is -1.02. The number of hydrogen-bond acceptors (Lipinski definition) is 1. The summed E-state index contributed by atoms with van der Waals surface area (Å²) in [6.07, 6.45) is 0. The van der Waals surface area contributed by atoms with E-state index in [1.807, 2.05) is 13.8 Å². The average Bonchev–Trinajstić information content (AvgIpc) is 2.39. The molecule has 2 aromatic carbocycles. The van der Waals surface area contributed by atoms with Crippen molar-refractivity contribution in [3.63, 3.8) is 0 Å². The van der Waals surface area contributed by atoms with Gasteiger partial charge in [0.05, 0.1) is 0 Å². The third-order valence-electron chi connectivity index (χ3n) is 3.54. The van der Waals surface area contributed by atoms with Crippen LogP contribution in [0.3, 0.4) is 0 Å². The summed E-state index contributed by atoms with van der Waals surface area (Å²) in [4.78, 5) is 0. The van der Waals surface area contributed by atoms with E-state index < -0.39 is 11.6 Å². The lowest BCUT2D eigenvalue weighted by Gasteiger charge is -2.17. The summed E-state index contributed by atoms with van der Waals surface area (Å²) in [7, 11) is 0. The molecule has 2 aromatic rings. The minimum atomic E-state index is -0.508. The monoisotopic (exact) mass is 275 g/mol. The Morgan fingerprint density at radius 2 is 1.70 bits per heavy atom. The first kappa shape index (κ1) is 14.7. The van der Waals surface area contributed by atoms with Crippen LogP contribution in [-0.2, 0) is 6.54 Å². The first-order chi connectivity index (χ1) is 9.49. The van der Waals surface area contributed by atoms with Gasteiger partial charge in [-0.2, -0.15) is 0 Å². The van der Waals surface area contributed by atoms with Crippen molar-refractivity contribution in [2.24, 2.45) is 0 Å². The van der Waals surface area contributed by atoms with Crippen LogP contribution in [0.2, 0.25) is 0 Å². The standard InChI is InChI=1S/C17H19F2N/c1-11-7-8-12(2)14(9-11)10-20-13(3)17-15(18)5-4-6-16(17)19/h4-9,13,20H,10H2,1-3H3. The van der Waals surface area contributed by atoms with Gasteiger partial charge in [-0.1, -0.05) is 29.8 Å². The van der Waals surface area contributed by atoms with Crippen LogP contribution in [0.4, 0.5) is 8.78 Å². The summed E-state index contributed by atoms with van der Waals surface area (Å²) in [5.41, 5.74) is 3.59. The molecule has 0 heterocycles. The number of benzene rings is 2. The zero-order valence-electron chi connectivity index (χ0n) is 12.0. The normalized spacial score (nSPS) is 12.4. The Hall–Kier alpha value is -1.74. The third kappa shape index (κ3) is 3.23. The Morgan fingerprint density at radius 3 is 2.35 bits per heavy atom. The summed E-state index contributed by atoms with van der Waals surface area (Å²) in [6, 6.07) is 9.78. The highest BCUT2D eigenvalue weighted by atomic mass is 19.1. The van der Waals surface area contributed by atoms with E-state index in [0.29, 0.717) is 6.54 Å². The summed E-state index contributed by atoms with van der Waals surface area (Å²) in [6.45, 7) is 6.42. The predicted octanol–water partition coefficient (Wildman–Crippen LogP) is 4.43. The zero-order valence-corrected chi connectivity index (χ0v) is 12.0. The van der Waals surface area contributed by atoms with Gasteiger partial charge in [-0.05, 0) is 44.0 Å². The van der Waals surface area contributed by atoms with E-state index in [1.165, 1.54) is 29.3 Å². The van der Waals surface area contributed by atoms with Crippen molar-refractivity contribution in [2.45, 2.75) is 33.4 Å². The Bertz CT molecular complexity index is 588. The molecule has 1 atom stereocenters. The van der Waals surface area contributed by atoms with Crippen LogP contribution in [0, 0.1) is 25.5 Å². The zero-order chi connectivity index (χ0) is 14.7. The van der Waals surface area contributed by atoms with Gasteiger partial charge in [-0.3, -0.25) is 0 Å². The molecular weight excluding hydrogens is 256 g/mol. The van der Waals surface area contributed by atoms with E-state index in [-0.39, 0.29) is 11.6 Å². The van der Waals surface area contributed by atoms with Crippen molar-refractivity contribution in [1.82, 2.24) is 5.32 Å². The van der Waals surface area contributed by atoms with E-state index in [9.17, 15) is 8.78 Å². The fourth-order valence-corrected chi connectivity index (χ4v) is 2.28. The van der Waals surface area contributed by atoms with Gasteiger partial charge in [0.2, 0.25) is 0 Å². The van der Waals surface area contributed by atoms with Crippen LogP contribution in [-0.4, -0.2) is 0 Å². The maximum atomic E-state index is 13.7. The molecule has 106 valence electrons. The van der Waals surface area contributed by atoms with E-state index in [1.54, 1.807) is 6.92 Å². The molecule has 3 heteroatoms. The number of nitrogens with one attached hydrogen (secondary N) is 1. The molecule has 0 bridgehead atoms. The maximum absolute atomic E-state index is 13.7. The number of rotatable bonds is 4. The fourth-order valence-electron chi connectivity index (χ4n) is 2.28. The topological polar surface area (TPSA) is 12.0 Å². The number of aryl methyl sites for hydroxylation is 2. The molecule has 0 aromatic heterocycles. The molecule has 1 unspecified atom stereocenters. The van der Waals surface area contributed by atoms with Gasteiger partial charge in [0.15, 0.2) is 0 Å². The molecule has 0 saturated carbocycles. The minimum absolute atomic E-state index is 0.0952. The second-order valence-electron chi connectivity index (χ2n) is 5.17. The summed E-state index contributed by atoms with van der Waals surface area (Å²) in [5, 5.41) is 3.18. The van der Waals surface area contributed by atoms with Crippen LogP contribution in [0.5, 0.6) is 0 Å². The Balaban J connectivity index is 2.13. The summed E-state index contributed by atoms with van der Waals surface area (Å²) >= 11 is 0. The molecule has 0 aliphatic carbocycles. The fraction of sp³-hybridized carbons (Fsp3) is 0.294. The van der Waals surface area contributed by atoms with Crippen molar-refractivity contribution in [3.8, 4) is 0 Å². The molecular formula is C17H19F2N. The highest BCUT2D eigenvalue weighted by molar-refractivity contribution is 5.30. The van der Waals surface area contributed by atoms with Gasteiger partial charge in [-0.25, -0.2) is 8.78 Å². The van der Waals surface area contributed by atoms with Gasteiger partial charge in [0.25, 0.3) is 0 Å². The largest absolute Gasteiger partial charge is 0.306 e. The van der Waals surface area contributed by atoms with Crippen molar-refractivity contribution in [3.05, 3.63) is 70.3 Å². The van der Waals surface area contributed by atoms with Crippen molar-refractivity contribution < 1.29 is 8.78 Å². The van der Waals surface area contributed by atoms with Crippen LogP contribution in [0.1, 0.15) is 35.2 Å². The SMILES string of the molecule is Cc1ccc(C)c(CNC(C)c2c(F)cccc2F)c1. The molecule has 0 aliphatic rings. The lowest BCUT2D eigenvalue weighted by atomic mass is 10.0. The highest BCUT2D eigenvalue weighted by Crippen LogP contribution is 2.21. The summed E-state index contributed by atoms with van der Waals surface area (Å²) < 4.78 is 27.4. The molecule has 20 heavy (non-hydrogen) atoms. The molecule has 0 aliphatic heterocycles. The molecule has 2 rings (SSSR count). The quantitative estimate of drug-likeness (QED) is 0.870. The second kappa shape index (κ2) is 6.14. The molecule has 0 amide bonds. The Morgan fingerprint density at radius 1 is 1.05 bits per heavy atom. The van der Waals surface area contributed by atoms with E-state index in [2.05, 4.69) is 23.5 Å². The van der Waals surface area contributed by atoms with Crippen LogP contribution in [0.15, 0.2) is 36.4 Å². The maximum Gasteiger partial charge on any atom is 0.130 e. The number of halogens is 2. The smallest absolute Gasteiger partial charge is 0.130 e. The van der Waals surface area contributed by atoms with Crippen molar-refractivity contribution in [2.75, 3.05) is 0 Å². The average molecular weight is 275 g/mol. The van der Waals surface area contributed by atoms with Crippen molar-refractivity contribution in [1.29, 1.82) is 0 Å². The first-order valence-corrected chi connectivity index (χ1v) is 6.72. The van der Waals surface area contributed by atoms with Gasteiger partial charge in [0, 0.05) is 18.2 Å². The number of hydrogen-bond donors (Lipinski definition) is 1. The predicted molar refractivity (Wildman–Crippen MR) is 77.5 cm³/mol. The van der Waals surface area contributed by atoms with Gasteiger partial charge in [0.1, 0.15) is 11.6 Å². The van der Waals surface area contributed by atoms with Crippen LogP contribution in [0.25, 0.3) is 0 Å². The lowest BCUT2D eigenvalue weighted by molar-refractivity contribution is 0.487. The van der Waals surface area contributed by atoms with E-state index in [0.717, 1.165) is 5.56 Å². The van der Waals surface area contributed by atoms with Gasteiger partial charge in [-0.15, -0.1) is 0 Å². The molecule has 0 saturated heterocycles. The van der Waals surface area contributed by atoms with Gasteiger partial charge < -0.3 is 5.32 Å². The molecule has 0 fully saturated rings. The van der Waals surface area contributed by atoms with E-state index in [4.69, 9.17) is 0 Å². The van der Waals surface area contributed by atoms with Crippen LogP contribution >= 0.6 is 0 Å². The Labute approximate surface area is 118 Å². The Kier molecular flexibility index (Phi) is 4.50. The minimum Gasteiger partial charge on any atom is -0.306 e. The van der Waals surface area contributed by atoms with E-state index >= 15 is 0 Å². The molecule has 1 N–H and O–H groups in total. The molecule has 1 nitrogen and oxygen atoms in total. The van der Waals surface area contributed by atoms with Crippen molar-refractivity contribution >= 4 is 0 Å². The second-order valence-corrected chi connectivity index (χ2v) is 5.17. The first-order valence-electron chi connectivity index (χ1n) is 6.72. The van der Waals surface area contributed by atoms with Crippen LogP contribution < -0.4 is 5.32 Å². The third-order valence-corrected chi connectivity index (χ3v) is 3.54. The molecule has 0 radical (unpaired) electrons. The highest BCUT2D eigenvalue weighted by Gasteiger charge is 2.15. The molecule has 0 spiro atoms.